The molecule has 0 rings (SSSR count). The van der Waals surface area contributed by atoms with Crippen LogP contribution in [0.4, 0.5) is 0 Å². The van der Waals surface area contributed by atoms with E-state index >= 15 is 0 Å². The number of methoxy groups -OCH3 is 1. The van der Waals surface area contributed by atoms with Gasteiger partial charge < -0.3 is 4.74 Å². The third-order valence-corrected chi connectivity index (χ3v) is 3.33. The Morgan fingerprint density at radius 2 is 2.10 bits per heavy atom. The van der Waals surface area contributed by atoms with Crippen molar-refractivity contribution in [2.24, 2.45) is 0 Å². The second-order valence-electron chi connectivity index (χ2n) is 1.71. The Bertz CT molecular complexity index is 177. The monoisotopic (exact) mass is 206 g/mol. The molecule has 0 aliphatic carbocycles. The molecule has 0 bridgehead atoms. The Labute approximate surface area is 69.7 Å². The van der Waals surface area contributed by atoms with E-state index in [1.807, 2.05) is 0 Å². The molecule has 0 aliphatic heterocycles. The van der Waals surface area contributed by atoms with Crippen molar-refractivity contribution < 1.29 is 13.2 Å². The summed E-state index contributed by atoms with van der Waals surface area (Å²) in [6, 6.07) is 0. The zero-order valence-electron chi connectivity index (χ0n) is 5.38. The van der Waals surface area contributed by atoms with E-state index in [4.69, 9.17) is 22.3 Å². The lowest BCUT2D eigenvalue weighted by atomic mass is 10.5. The summed E-state index contributed by atoms with van der Waals surface area (Å²) in [5, 5.41) is -0.805. The van der Waals surface area contributed by atoms with Crippen LogP contribution in [-0.4, -0.2) is 33.3 Å². The van der Waals surface area contributed by atoms with Crippen LogP contribution in [-0.2, 0) is 13.8 Å². The van der Waals surface area contributed by atoms with E-state index < -0.39 is 14.3 Å². The van der Waals surface area contributed by atoms with Crippen LogP contribution in [0.1, 0.15) is 0 Å². The van der Waals surface area contributed by atoms with E-state index in [2.05, 4.69) is 4.74 Å². The minimum Gasteiger partial charge on any atom is -0.383 e. The van der Waals surface area contributed by atoms with Gasteiger partial charge in [-0.2, -0.15) is 0 Å². The highest BCUT2D eigenvalue weighted by Crippen LogP contribution is 2.08. The first-order chi connectivity index (χ1) is 4.52. The highest BCUT2D eigenvalue weighted by Gasteiger charge is 2.21. The fourth-order valence-electron chi connectivity index (χ4n) is 0.387. The third kappa shape index (κ3) is 3.61. The molecule has 1 unspecified atom stereocenters. The topological polar surface area (TPSA) is 43.4 Å². The average Bonchev–Trinajstić information content (AvgIpc) is 1.80. The van der Waals surface area contributed by atoms with Crippen molar-refractivity contribution in [1.29, 1.82) is 0 Å². The second kappa shape index (κ2) is 4.38. The molecule has 0 aromatic heterocycles. The summed E-state index contributed by atoms with van der Waals surface area (Å²) in [6.07, 6.45) is 0. The smallest absolute Gasteiger partial charge is 0.238 e. The third-order valence-electron chi connectivity index (χ3n) is 0.923. The summed E-state index contributed by atoms with van der Waals surface area (Å²) < 4.78 is 25.7. The number of halogens is 2. The van der Waals surface area contributed by atoms with Crippen LogP contribution in [0.3, 0.4) is 0 Å². The van der Waals surface area contributed by atoms with Gasteiger partial charge in [0.05, 0.1) is 6.61 Å². The zero-order chi connectivity index (χ0) is 8.20. The second-order valence-corrected chi connectivity index (χ2v) is 4.92. The van der Waals surface area contributed by atoms with E-state index in [0.29, 0.717) is 0 Å². The van der Waals surface area contributed by atoms with Crippen molar-refractivity contribution >= 4 is 31.3 Å². The van der Waals surface area contributed by atoms with E-state index in [0.717, 1.165) is 0 Å². The van der Waals surface area contributed by atoms with Crippen LogP contribution >= 0.6 is 22.3 Å². The van der Waals surface area contributed by atoms with Crippen LogP contribution in [0.5, 0.6) is 0 Å². The van der Waals surface area contributed by atoms with Gasteiger partial charge in [-0.15, -0.1) is 11.6 Å². The molecule has 3 nitrogen and oxygen atoms in total. The molecule has 10 heavy (non-hydrogen) atoms. The molecule has 6 heteroatoms. The summed E-state index contributed by atoms with van der Waals surface area (Å²) in [7, 11) is 2.81. The predicted octanol–water partition coefficient (Wildman–Crippen LogP) is 0.809. The van der Waals surface area contributed by atoms with Crippen molar-refractivity contribution in [1.82, 2.24) is 0 Å². The average molecular weight is 207 g/mol. The van der Waals surface area contributed by atoms with Crippen LogP contribution in [0, 0.1) is 0 Å². The first-order valence-corrected chi connectivity index (χ1v) is 5.41. The molecule has 1 atom stereocenters. The molecule has 62 valence electrons. The van der Waals surface area contributed by atoms with Crippen molar-refractivity contribution in [2.75, 3.05) is 19.6 Å². The molecule has 0 saturated heterocycles. The molecule has 0 saturated carbocycles. The molecule has 0 aromatic carbocycles. The Balaban J connectivity index is 4.08. The first-order valence-electron chi connectivity index (χ1n) is 2.50. The largest absolute Gasteiger partial charge is 0.383 e. The summed E-state index contributed by atoms with van der Waals surface area (Å²) in [6.45, 7) is 0.0370. The van der Waals surface area contributed by atoms with Gasteiger partial charge in [-0.05, 0) is 0 Å². The molecule has 0 aliphatic rings. The van der Waals surface area contributed by atoms with E-state index in [1.54, 1.807) is 0 Å². The Hall–Kier alpha value is 0.490. The lowest BCUT2D eigenvalue weighted by molar-refractivity contribution is 0.201. The SMILES string of the molecule is COCC(CCl)S(=O)(=O)Cl. The van der Waals surface area contributed by atoms with Gasteiger partial charge in [-0.25, -0.2) is 8.42 Å². The van der Waals surface area contributed by atoms with Gasteiger partial charge in [0.15, 0.2) is 0 Å². The number of ether oxygens (including phenoxy) is 1. The molecule has 0 N–H and O–H groups in total. The Morgan fingerprint density at radius 1 is 1.60 bits per heavy atom. The fraction of sp³-hybridized carbons (Fsp3) is 1.00. The zero-order valence-corrected chi connectivity index (χ0v) is 7.71. The Morgan fingerprint density at radius 3 is 2.20 bits per heavy atom. The van der Waals surface area contributed by atoms with Crippen molar-refractivity contribution in [3.8, 4) is 0 Å². The molecular weight excluding hydrogens is 199 g/mol. The van der Waals surface area contributed by atoms with E-state index in [9.17, 15) is 8.42 Å². The van der Waals surface area contributed by atoms with E-state index in [-0.39, 0.29) is 12.5 Å². The number of rotatable bonds is 4. The van der Waals surface area contributed by atoms with Gasteiger partial charge in [0.1, 0.15) is 5.25 Å². The number of hydrogen-bond donors (Lipinski definition) is 0. The Kier molecular flexibility index (Phi) is 4.60. The molecule has 0 fully saturated rings. The molecule has 0 amide bonds. The maximum Gasteiger partial charge on any atom is 0.238 e. The maximum absolute atomic E-state index is 10.6. The normalized spacial score (nSPS) is 15.1. The summed E-state index contributed by atoms with van der Waals surface area (Å²) in [4.78, 5) is 0. The molecule has 0 heterocycles. The van der Waals surface area contributed by atoms with Gasteiger partial charge in [0.2, 0.25) is 9.05 Å². The van der Waals surface area contributed by atoms with Crippen molar-refractivity contribution in [3.05, 3.63) is 0 Å². The molecule has 0 aromatic rings. The maximum atomic E-state index is 10.6. The van der Waals surface area contributed by atoms with Crippen LogP contribution in [0.25, 0.3) is 0 Å². The molecule has 0 radical (unpaired) electrons. The minimum atomic E-state index is -3.56. The fourth-order valence-corrected chi connectivity index (χ4v) is 1.96. The van der Waals surface area contributed by atoms with Gasteiger partial charge in [0, 0.05) is 23.7 Å². The lowest BCUT2D eigenvalue weighted by Crippen LogP contribution is -2.23. The van der Waals surface area contributed by atoms with Gasteiger partial charge in [-0.1, -0.05) is 0 Å². The van der Waals surface area contributed by atoms with Gasteiger partial charge in [-0.3, -0.25) is 0 Å². The number of alkyl halides is 1. The quantitative estimate of drug-likeness (QED) is 0.506. The van der Waals surface area contributed by atoms with Gasteiger partial charge in [0.25, 0.3) is 0 Å². The summed E-state index contributed by atoms with van der Waals surface area (Å²) in [5.74, 6) is -0.0420. The first kappa shape index (κ1) is 10.5. The van der Waals surface area contributed by atoms with Crippen LogP contribution in [0.2, 0.25) is 0 Å². The van der Waals surface area contributed by atoms with Gasteiger partial charge >= 0.3 is 0 Å². The predicted molar refractivity (Wildman–Crippen MR) is 41.2 cm³/mol. The molecular formula is C4H8Cl2O3S. The number of hydrogen-bond acceptors (Lipinski definition) is 3. The standard InChI is InChI=1S/C4H8Cl2O3S/c1-9-3-4(2-5)10(6,7)8/h4H,2-3H2,1H3. The highest BCUT2D eigenvalue weighted by molar-refractivity contribution is 8.14. The summed E-state index contributed by atoms with van der Waals surface area (Å²) in [5.41, 5.74) is 0. The van der Waals surface area contributed by atoms with Crippen molar-refractivity contribution in [2.45, 2.75) is 5.25 Å². The van der Waals surface area contributed by atoms with Crippen LogP contribution in [0.15, 0.2) is 0 Å². The van der Waals surface area contributed by atoms with Crippen LogP contribution < -0.4 is 0 Å². The van der Waals surface area contributed by atoms with Crippen molar-refractivity contribution in [3.63, 3.8) is 0 Å². The highest BCUT2D eigenvalue weighted by atomic mass is 35.7. The lowest BCUT2D eigenvalue weighted by Gasteiger charge is -2.06. The summed E-state index contributed by atoms with van der Waals surface area (Å²) >= 11 is 5.29. The molecule has 0 spiro atoms. The minimum absolute atomic E-state index is 0.0370. The van der Waals surface area contributed by atoms with E-state index in [1.165, 1.54) is 7.11 Å².